The van der Waals surface area contributed by atoms with E-state index in [1.165, 1.54) is 17.2 Å². The van der Waals surface area contributed by atoms with Crippen molar-refractivity contribution in [2.45, 2.75) is 12.8 Å². The second-order valence-corrected chi connectivity index (χ2v) is 5.63. The Hall–Kier alpha value is -1.42. The van der Waals surface area contributed by atoms with Crippen LogP contribution in [0.25, 0.3) is 0 Å². The molecule has 1 aliphatic rings. The van der Waals surface area contributed by atoms with Gasteiger partial charge in [-0.15, -0.1) is 0 Å². The zero-order valence-electron chi connectivity index (χ0n) is 10.4. The predicted molar refractivity (Wildman–Crippen MR) is 78.0 cm³/mol. The van der Waals surface area contributed by atoms with Crippen LogP contribution in [-0.2, 0) is 12.8 Å². The van der Waals surface area contributed by atoms with Gasteiger partial charge in [0.1, 0.15) is 0 Å². The van der Waals surface area contributed by atoms with Gasteiger partial charge < -0.3 is 4.90 Å². The molecule has 98 valence electrons. The van der Waals surface area contributed by atoms with Gasteiger partial charge in [-0.05, 0) is 46.0 Å². The second-order valence-electron chi connectivity index (χ2n) is 4.71. The second kappa shape index (κ2) is 5.29. The van der Waals surface area contributed by atoms with E-state index in [4.69, 9.17) is 0 Å². The zero-order valence-corrected chi connectivity index (χ0v) is 12.0. The minimum absolute atomic E-state index is 0.264. The van der Waals surface area contributed by atoms with E-state index in [1.807, 2.05) is 4.90 Å². The van der Waals surface area contributed by atoms with Crippen LogP contribution in [0.3, 0.4) is 0 Å². The van der Waals surface area contributed by atoms with Crippen molar-refractivity contribution in [1.82, 2.24) is 4.98 Å². The quantitative estimate of drug-likeness (QED) is 0.798. The summed E-state index contributed by atoms with van der Waals surface area (Å²) < 4.78 is 14.6. The fourth-order valence-corrected chi connectivity index (χ4v) is 2.82. The molecular weight excluding hydrogens is 307 g/mol. The summed E-state index contributed by atoms with van der Waals surface area (Å²) in [5.41, 5.74) is 2.73. The molecule has 2 aromatic rings. The molecule has 0 fully saturated rings. The number of pyridine rings is 1. The molecule has 1 aromatic heterocycles. The van der Waals surface area contributed by atoms with Crippen LogP contribution in [0.5, 0.6) is 0 Å². The van der Waals surface area contributed by atoms with Crippen molar-refractivity contribution in [3.8, 4) is 0 Å². The molecular formula is C15H14BrFN2. The number of anilines is 1. The molecule has 19 heavy (non-hydrogen) atoms. The van der Waals surface area contributed by atoms with Crippen LogP contribution < -0.4 is 4.90 Å². The number of rotatable bonds is 1. The first-order chi connectivity index (χ1) is 9.24. The lowest BCUT2D eigenvalue weighted by Crippen LogP contribution is -2.27. The fraction of sp³-hybridized carbons (Fsp3) is 0.267. The molecule has 3 rings (SSSR count). The molecule has 0 spiro atoms. The molecule has 0 saturated carbocycles. The van der Waals surface area contributed by atoms with Gasteiger partial charge in [-0.1, -0.05) is 24.3 Å². The van der Waals surface area contributed by atoms with Gasteiger partial charge in [-0.25, -0.2) is 9.37 Å². The van der Waals surface area contributed by atoms with Gasteiger partial charge in [0.15, 0.2) is 11.6 Å². The van der Waals surface area contributed by atoms with Crippen LogP contribution in [0.2, 0.25) is 0 Å². The number of benzene rings is 1. The Balaban J connectivity index is 1.85. The summed E-state index contributed by atoms with van der Waals surface area (Å²) in [7, 11) is 0. The maximum atomic E-state index is 14.0. The van der Waals surface area contributed by atoms with Crippen LogP contribution in [0.15, 0.2) is 41.0 Å². The topological polar surface area (TPSA) is 16.1 Å². The third-order valence-corrected chi connectivity index (χ3v) is 3.94. The molecule has 0 saturated heterocycles. The van der Waals surface area contributed by atoms with Gasteiger partial charge in [-0.3, -0.25) is 0 Å². The van der Waals surface area contributed by atoms with Crippen molar-refractivity contribution >= 4 is 21.7 Å². The predicted octanol–water partition coefficient (Wildman–Crippen LogP) is 3.59. The summed E-state index contributed by atoms with van der Waals surface area (Å²) in [6.45, 7) is 1.62. The number of nitrogens with zero attached hydrogens (tertiary/aromatic N) is 2. The van der Waals surface area contributed by atoms with Crippen LogP contribution in [0.4, 0.5) is 10.2 Å². The first-order valence-corrected chi connectivity index (χ1v) is 7.16. The van der Waals surface area contributed by atoms with Crippen molar-refractivity contribution in [3.63, 3.8) is 0 Å². The first-order valence-electron chi connectivity index (χ1n) is 6.37. The lowest BCUT2D eigenvalue weighted by molar-refractivity contribution is 0.608. The van der Waals surface area contributed by atoms with Gasteiger partial charge >= 0.3 is 0 Å². The molecule has 0 aliphatic carbocycles. The molecule has 0 amide bonds. The van der Waals surface area contributed by atoms with Crippen LogP contribution in [0, 0.1) is 5.82 Å². The zero-order chi connectivity index (χ0) is 13.2. The third kappa shape index (κ3) is 2.63. The largest absolute Gasteiger partial charge is 0.354 e. The molecule has 0 radical (unpaired) electrons. The summed E-state index contributed by atoms with van der Waals surface area (Å²) in [5.74, 6) is 0.191. The van der Waals surface area contributed by atoms with E-state index in [-0.39, 0.29) is 5.82 Å². The highest BCUT2D eigenvalue weighted by atomic mass is 79.9. The molecule has 0 atom stereocenters. The Morgan fingerprint density at radius 2 is 1.74 bits per heavy atom. The highest BCUT2D eigenvalue weighted by Crippen LogP contribution is 2.23. The van der Waals surface area contributed by atoms with Crippen LogP contribution >= 0.6 is 15.9 Å². The lowest BCUT2D eigenvalue weighted by Gasteiger charge is -2.21. The minimum Gasteiger partial charge on any atom is -0.354 e. The maximum absolute atomic E-state index is 14.0. The van der Waals surface area contributed by atoms with E-state index in [1.54, 1.807) is 6.20 Å². The molecule has 2 nitrogen and oxygen atoms in total. The standard InChI is InChI=1S/C15H14BrFN2/c16-13-9-14(17)15(18-10-13)19-7-5-11-3-1-2-4-12(11)6-8-19/h1-4,9-10H,5-8H2. The highest BCUT2D eigenvalue weighted by molar-refractivity contribution is 9.10. The summed E-state index contributed by atoms with van der Waals surface area (Å²) >= 11 is 3.24. The van der Waals surface area contributed by atoms with Crippen LogP contribution in [0.1, 0.15) is 11.1 Å². The highest BCUT2D eigenvalue weighted by Gasteiger charge is 2.17. The number of aromatic nitrogens is 1. The Labute approximate surface area is 120 Å². The van der Waals surface area contributed by atoms with Gasteiger partial charge in [-0.2, -0.15) is 0 Å². The van der Waals surface area contributed by atoms with Crippen molar-refractivity contribution < 1.29 is 4.39 Å². The molecule has 4 heteroatoms. The van der Waals surface area contributed by atoms with E-state index in [0.717, 1.165) is 25.9 Å². The summed E-state index contributed by atoms with van der Waals surface area (Å²) in [5, 5.41) is 0. The average Bonchev–Trinajstić information content (AvgIpc) is 2.62. The minimum atomic E-state index is -0.264. The smallest absolute Gasteiger partial charge is 0.166 e. The Kier molecular flexibility index (Phi) is 3.51. The summed E-state index contributed by atoms with van der Waals surface area (Å²) in [4.78, 5) is 6.24. The van der Waals surface area contributed by atoms with Crippen molar-refractivity contribution in [1.29, 1.82) is 0 Å². The van der Waals surface area contributed by atoms with E-state index in [0.29, 0.717) is 10.3 Å². The van der Waals surface area contributed by atoms with Crippen molar-refractivity contribution in [3.05, 3.63) is 57.9 Å². The van der Waals surface area contributed by atoms with E-state index in [9.17, 15) is 4.39 Å². The van der Waals surface area contributed by atoms with Gasteiger partial charge in [0.2, 0.25) is 0 Å². The fourth-order valence-electron chi connectivity index (χ4n) is 2.52. The van der Waals surface area contributed by atoms with Gasteiger partial charge in [0, 0.05) is 23.8 Å². The molecule has 0 bridgehead atoms. The molecule has 0 unspecified atom stereocenters. The number of hydrogen-bond acceptors (Lipinski definition) is 2. The SMILES string of the molecule is Fc1cc(Br)cnc1N1CCc2ccccc2CC1. The van der Waals surface area contributed by atoms with Crippen LogP contribution in [-0.4, -0.2) is 18.1 Å². The number of hydrogen-bond donors (Lipinski definition) is 0. The Morgan fingerprint density at radius 1 is 1.11 bits per heavy atom. The monoisotopic (exact) mass is 320 g/mol. The van der Waals surface area contributed by atoms with Gasteiger partial charge in [0.05, 0.1) is 0 Å². The molecule has 0 N–H and O–H groups in total. The third-order valence-electron chi connectivity index (χ3n) is 3.51. The van der Waals surface area contributed by atoms with E-state index >= 15 is 0 Å². The van der Waals surface area contributed by atoms with E-state index < -0.39 is 0 Å². The number of fused-ring (bicyclic) bond motifs is 1. The Bertz CT molecular complexity index is 573. The molecule has 1 aliphatic heterocycles. The first kappa shape index (κ1) is 12.6. The molecule has 1 aromatic carbocycles. The van der Waals surface area contributed by atoms with E-state index in [2.05, 4.69) is 45.2 Å². The average molecular weight is 321 g/mol. The summed E-state index contributed by atoms with van der Waals surface area (Å²) in [6, 6.07) is 9.91. The maximum Gasteiger partial charge on any atom is 0.166 e. The van der Waals surface area contributed by atoms with Gasteiger partial charge in [0.25, 0.3) is 0 Å². The van der Waals surface area contributed by atoms with Crippen molar-refractivity contribution in [2.75, 3.05) is 18.0 Å². The lowest BCUT2D eigenvalue weighted by atomic mass is 10.0. The number of halogens is 2. The Morgan fingerprint density at radius 3 is 2.32 bits per heavy atom. The summed E-state index contributed by atoms with van der Waals surface area (Å²) in [6.07, 6.45) is 3.52. The normalized spacial score (nSPS) is 14.9. The molecule has 2 heterocycles. The van der Waals surface area contributed by atoms with Crippen molar-refractivity contribution in [2.24, 2.45) is 0 Å².